The Kier molecular flexibility index (Phi) is 3.83. The number of carbonyl (C=O) groups excluding carboxylic acids is 1. The summed E-state index contributed by atoms with van der Waals surface area (Å²) in [4.78, 5) is 19.9. The van der Waals surface area contributed by atoms with Crippen molar-refractivity contribution in [1.29, 1.82) is 0 Å². The molecule has 1 amide bonds. The molecule has 0 aliphatic carbocycles. The Morgan fingerprint density at radius 2 is 2.11 bits per heavy atom. The van der Waals surface area contributed by atoms with E-state index in [0.717, 1.165) is 5.69 Å². The summed E-state index contributed by atoms with van der Waals surface area (Å²) in [5, 5.41) is 2.76. The van der Waals surface area contributed by atoms with Gasteiger partial charge in [0.25, 0.3) is 5.91 Å². The summed E-state index contributed by atoms with van der Waals surface area (Å²) in [6.07, 6.45) is 3.15. The van der Waals surface area contributed by atoms with Crippen LogP contribution in [0.1, 0.15) is 16.1 Å². The molecule has 2 heterocycles. The monoisotopic (exact) mass is 243 g/mol. The zero-order valence-corrected chi connectivity index (χ0v) is 9.63. The van der Waals surface area contributed by atoms with Crippen LogP contribution in [0.3, 0.4) is 0 Å². The summed E-state index contributed by atoms with van der Waals surface area (Å²) < 4.78 is 0. The van der Waals surface area contributed by atoms with Gasteiger partial charge in [-0.3, -0.25) is 9.78 Å². The first-order valence-electron chi connectivity index (χ1n) is 5.40. The molecule has 0 fully saturated rings. The number of aromatic nitrogens is 2. The number of hydrazine groups is 1. The number of carbonyl (C=O) groups is 1. The van der Waals surface area contributed by atoms with E-state index < -0.39 is 0 Å². The van der Waals surface area contributed by atoms with E-state index in [0.29, 0.717) is 17.9 Å². The molecule has 0 bridgehead atoms. The Balaban J connectivity index is 1.95. The molecular weight excluding hydrogens is 230 g/mol. The average molecular weight is 243 g/mol. The number of hydrogen-bond acceptors (Lipinski definition) is 5. The van der Waals surface area contributed by atoms with Gasteiger partial charge >= 0.3 is 0 Å². The van der Waals surface area contributed by atoms with Gasteiger partial charge in [0, 0.05) is 12.4 Å². The number of nitrogens with zero attached hydrogens (tertiary/aromatic N) is 2. The summed E-state index contributed by atoms with van der Waals surface area (Å²) in [5.74, 6) is 5.50. The smallest absolute Gasteiger partial charge is 0.253 e. The van der Waals surface area contributed by atoms with Crippen LogP contribution in [0.15, 0.2) is 42.7 Å². The van der Waals surface area contributed by atoms with Crippen LogP contribution in [-0.4, -0.2) is 15.9 Å². The van der Waals surface area contributed by atoms with E-state index in [1.165, 1.54) is 6.20 Å². The third-order valence-corrected chi connectivity index (χ3v) is 2.33. The van der Waals surface area contributed by atoms with Gasteiger partial charge in [-0.25, -0.2) is 10.8 Å². The maximum absolute atomic E-state index is 11.8. The first-order chi connectivity index (χ1) is 8.79. The molecule has 6 heteroatoms. The van der Waals surface area contributed by atoms with Crippen LogP contribution in [0.5, 0.6) is 0 Å². The Morgan fingerprint density at radius 3 is 2.72 bits per heavy atom. The number of hydrogen-bond donors (Lipinski definition) is 3. The summed E-state index contributed by atoms with van der Waals surface area (Å²) in [6, 6.07) is 8.83. The van der Waals surface area contributed by atoms with E-state index in [1.54, 1.807) is 18.3 Å². The first kappa shape index (κ1) is 12.0. The minimum atomic E-state index is -0.197. The van der Waals surface area contributed by atoms with Crippen molar-refractivity contribution >= 4 is 11.7 Å². The molecule has 92 valence electrons. The number of amides is 1. The van der Waals surface area contributed by atoms with E-state index in [9.17, 15) is 4.79 Å². The molecule has 0 atom stereocenters. The zero-order chi connectivity index (χ0) is 12.8. The van der Waals surface area contributed by atoms with Crippen molar-refractivity contribution < 1.29 is 4.79 Å². The van der Waals surface area contributed by atoms with Crippen molar-refractivity contribution in [3.8, 4) is 0 Å². The number of nitrogens with one attached hydrogen (secondary N) is 2. The van der Waals surface area contributed by atoms with Crippen LogP contribution in [0, 0.1) is 0 Å². The molecule has 2 aromatic heterocycles. The van der Waals surface area contributed by atoms with E-state index >= 15 is 0 Å². The number of nitrogen functional groups attached to an aromatic ring is 1. The lowest BCUT2D eigenvalue weighted by Crippen LogP contribution is -2.23. The molecule has 2 rings (SSSR count). The highest BCUT2D eigenvalue weighted by Gasteiger charge is 2.05. The van der Waals surface area contributed by atoms with Gasteiger partial charge in [0.05, 0.1) is 17.8 Å². The fourth-order valence-electron chi connectivity index (χ4n) is 1.39. The highest BCUT2D eigenvalue weighted by atomic mass is 16.1. The van der Waals surface area contributed by atoms with Crippen LogP contribution in [0.25, 0.3) is 0 Å². The molecule has 0 aliphatic rings. The highest BCUT2D eigenvalue weighted by molar-refractivity contribution is 5.93. The van der Waals surface area contributed by atoms with Crippen LogP contribution < -0.4 is 16.6 Å². The number of rotatable bonds is 4. The van der Waals surface area contributed by atoms with Gasteiger partial charge in [-0.15, -0.1) is 0 Å². The lowest BCUT2D eigenvalue weighted by Gasteiger charge is -2.05. The molecule has 0 saturated carbocycles. The molecular formula is C12H13N5O. The Labute approximate surface area is 104 Å². The molecule has 0 radical (unpaired) electrons. The van der Waals surface area contributed by atoms with E-state index in [2.05, 4.69) is 20.7 Å². The number of nitrogens with two attached hydrogens (primary N) is 1. The first-order valence-corrected chi connectivity index (χ1v) is 5.40. The van der Waals surface area contributed by atoms with Gasteiger partial charge in [-0.05, 0) is 24.3 Å². The highest BCUT2D eigenvalue weighted by Crippen LogP contribution is 2.03. The lowest BCUT2D eigenvalue weighted by atomic mass is 10.2. The van der Waals surface area contributed by atoms with E-state index in [-0.39, 0.29) is 5.91 Å². The molecule has 0 saturated heterocycles. The van der Waals surface area contributed by atoms with Gasteiger partial charge in [-0.1, -0.05) is 6.07 Å². The normalized spacial score (nSPS) is 9.83. The summed E-state index contributed by atoms with van der Waals surface area (Å²) in [5.41, 5.74) is 3.68. The van der Waals surface area contributed by atoms with Gasteiger partial charge in [-0.2, -0.15) is 0 Å². The minimum absolute atomic E-state index is 0.197. The van der Waals surface area contributed by atoms with Crippen LogP contribution >= 0.6 is 0 Å². The maximum Gasteiger partial charge on any atom is 0.253 e. The van der Waals surface area contributed by atoms with Crippen molar-refractivity contribution in [2.24, 2.45) is 5.84 Å². The second-order valence-corrected chi connectivity index (χ2v) is 3.58. The van der Waals surface area contributed by atoms with Crippen molar-refractivity contribution in [2.45, 2.75) is 6.54 Å². The standard InChI is InChI=1S/C12H13N5O/c13-17-11-5-4-9(7-15-11)12(18)16-8-10-3-1-2-6-14-10/h1-7H,8,13H2,(H,15,17)(H,16,18). The van der Waals surface area contributed by atoms with Gasteiger partial charge in [0.15, 0.2) is 0 Å². The van der Waals surface area contributed by atoms with Crippen molar-refractivity contribution in [3.05, 3.63) is 54.0 Å². The van der Waals surface area contributed by atoms with Crippen molar-refractivity contribution in [1.82, 2.24) is 15.3 Å². The molecule has 18 heavy (non-hydrogen) atoms. The zero-order valence-electron chi connectivity index (χ0n) is 9.63. The topological polar surface area (TPSA) is 92.9 Å². The Morgan fingerprint density at radius 1 is 1.22 bits per heavy atom. The Bertz CT molecular complexity index is 512. The number of pyridine rings is 2. The van der Waals surface area contributed by atoms with Gasteiger partial charge < -0.3 is 10.7 Å². The molecule has 4 N–H and O–H groups in total. The van der Waals surface area contributed by atoms with Crippen molar-refractivity contribution in [2.75, 3.05) is 5.43 Å². The predicted octanol–water partition coefficient (Wildman–Crippen LogP) is 0.692. The summed E-state index contributed by atoms with van der Waals surface area (Å²) >= 11 is 0. The third kappa shape index (κ3) is 3.02. The fraction of sp³-hybridized carbons (Fsp3) is 0.0833. The van der Waals surface area contributed by atoms with Crippen LogP contribution in [0.2, 0.25) is 0 Å². The fourth-order valence-corrected chi connectivity index (χ4v) is 1.39. The van der Waals surface area contributed by atoms with Gasteiger partial charge in [0.2, 0.25) is 0 Å². The molecule has 0 spiro atoms. The molecule has 0 aromatic carbocycles. The quantitative estimate of drug-likeness (QED) is 0.542. The average Bonchev–Trinajstić information content (AvgIpc) is 2.46. The largest absolute Gasteiger partial charge is 0.346 e. The molecule has 6 nitrogen and oxygen atoms in total. The second-order valence-electron chi connectivity index (χ2n) is 3.58. The maximum atomic E-state index is 11.8. The number of anilines is 1. The summed E-state index contributed by atoms with van der Waals surface area (Å²) in [7, 11) is 0. The molecule has 2 aromatic rings. The molecule has 0 aliphatic heterocycles. The van der Waals surface area contributed by atoms with Gasteiger partial charge in [0.1, 0.15) is 5.82 Å². The SMILES string of the molecule is NNc1ccc(C(=O)NCc2ccccn2)cn1. The third-order valence-electron chi connectivity index (χ3n) is 2.33. The minimum Gasteiger partial charge on any atom is -0.346 e. The lowest BCUT2D eigenvalue weighted by molar-refractivity contribution is 0.0950. The van der Waals surface area contributed by atoms with Crippen molar-refractivity contribution in [3.63, 3.8) is 0 Å². The van der Waals surface area contributed by atoms with E-state index in [4.69, 9.17) is 5.84 Å². The van der Waals surface area contributed by atoms with Crippen LogP contribution in [0.4, 0.5) is 5.82 Å². The summed E-state index contributed by atoms with van der Waals surface area (Å²) in [6.45, 7) is 0.385. The Hall–Kier alpha value is -2.47. The predicted molar refractivity (Wildman–Crippen MR) is 67.5 cm³/mol. The van der Waals surface area contributed by atoms with E-state index in [1.807, 2.05) is 18.2 Å². The van der Waals surface area contributed by atoms with Crippen LogP contribution in [-0.2, 0) is 6.54 Å². The molecule has 0 unspecified atom stereocenters. The second kappa shape index (κ2) is 5.74.